The molecule has 0 N–H and O–H groups in total. The largest absolute Gasteiger partial charge is 0.494 e. The summed E-state index contributed by atoms with van der Waals surface area (Å²) in [6, 6.07) is 14.6. The van der Waals surface area contributed by atoms with Crippen LogP contribution in [0, 0.1) is 11.6 Å². The third kappa shape index (κ3) is 3.74. The summed E-state index contributed by atoms with van der Waals surface area (Å²) in [5, 5.41) is 8.61. The Kier molecular flexibility index (Phi) is 5.06. The second-order valence-electron chi connectivity index (χ2n) is 6.57. The maximum absolute atomic E-state index is 13.4. The molecule has 4 rings (SSSR count). The lowest BCUT2D eigenvalue weighted by Gasteiger charge is -2.37. The van der Waals surface area contributed by atoms with E-state index in [1.807, 2.05) is 12.1 Å². The Bertz CT molecular complexity index is 940. The van der Waals surface area contributed by atoms with Gasteiger partial charge in [-0.25, -0.2) is 8.78 Å². The number of piperazine rings is 1. The van der Waals surface area contributed by atoms with Crippen LogP contribution in [0.5, 0.6) is 5.75 Å². The molecule has 0 amide bonds. The average Bonchev–Trinajstić information content (AvgIpc) is 2.74. The first-order valence-electron chi connectivity index (χ1n) is 9.07. The van der Waals surface area contributed by atoms with Gasteiger partial charge in [0.15, 0.2) is 5.82 Å². The van der Waals surface area contributed by atoms with Crippen molar-refractivity contribution in [3.05, 3.63) is 66.2 Å². The van der Waals surface area contributed by atoms with E-state index in [1.165, 1.54) is 24.3 Å². The van der Waals surface area contributed by atoms with E-state index in [0.717, 1.165) is 43.2 Å². The molecule has 0 unspecified atom stereocenters. The van der Waals surface area contributed by atoms with Gasteiger partial charge < -0.3 is 14.5 Å². The molecule has 0 atom stereocenters. The molecule has 144 valence electrons. The molecule has 2 heterocycles. The van der Waals surface area contributed by atoms with Crippen LogP contribution in [0.3, 0.4) is 0 Å². The van der Waals surface area contributed by atoms with Crippen molar-refractivity contribution in [3.8, 4) is 17.0 Å². The van der Waals surface area contributed by atoms with Crippen LogP contribution in [0.2, 0.25) is 0 Å². The first-order valence-corrected chi connectivity index (χ1v) is 9.07. The van der Waals surface area contributed by atoms with Gasteiger partial charge in [0.05, 0.1) is 18.5 Å². The van der Waals surface area contributed by atoms with E-state index < -0.39 is 0 Å². The van der Waals surface area contributed by atoms with E-state index >= 15 is 0 Å². The SMILES string of the molecule is COc1cc(F)ccc1N1CCN(c2ccc(-c3ccc(F)cc3)nn2)CC1. The van der Waals surface area contributed by atoms with Crippen LogP contribution in [0.1, 0.15) is 0 Å². The van der Waals surface area contributed by atoms with Gasteiger partial charge in [0.2, 0.25) is 0 Å². The fourth-order valence-electron chi connectivity index (χ4n) is 3.36. The van der Waals surface area contributed by atoms with Crippen LogP contribution in [-0.4, -0.2) is 43.5 Å². The van der Waals surface area contributed by atoms with Gasteiger partial charge in [-0.3, -0.25) is 0 Å². The molecule has 1 saturated heterocycles. The molecular formula is C21H20F2N4O. The molecule has 7 heteroatoms. The molecular weight excluding hydrogens is 362 g/mol. The monoisotopic (exact) mass is 382 g/mol. The minimum Gasteiger partial charge on any atom is -0.494 e. The lowest BCUT2D eigenvalue weighted by molar-refractivity contribution is 0.410. The molecule has 0 spiro atoms. The average molecular weight is 382 g/mol. The Balaban J connectivity index is 1.43. The van der Waals surface area contributed by atoms with Gasteiger partial charge >= 0.3 is 0 Å². The number of hydrogen-bond acceptors (Lipinski definition) is 5. The lowest BCUT2D eigenvalue weighted by atomic mass is 10.1. The van der Waals surface area contributed by atoms with Crippen LogP contribution >= 0.6 is 0 Å². The number of aromatic nitrogens is 2. The summed E-state index contributed by atoms with van der Waals surface area (Å²) in [6.45, 7) is 3.07. The zero-order valence-electron chi connectivity index (χ0n) is 15.5. The van der Waals surface area contributed by atoms with Gasteiger partial charge in [-0.1, -0.05) is 0 Å². The molecule has 0 radical (unpaired) electrons. The number of nitrogens with zero attached hydrogens (tertiary/aromatic N) is 4. The van der Waals surface area contributed by atoms with E-state index in [-0.39, 0.29) is 11.6 Å². The third-order valence-corrected chi connectivity index (χ3v) is 4.88. The second kappa shape index (κ2) is 7.80. The quantitative estimate of drug-likeness (QED) is 0.687. The van der Waals surface area contributed by atoms with Crippen LogP contribution in [0.25, 0.3) is 11.3 Å². The number of methoxy groups -OCH3 is 1. The first-order chi connectivity index (χ1) is 13.6. The molecule has 3 aromatic rings. The van der Waals surface area contributed by atoms with Gasteiger partial charge in [-0.05, 0) is 48.5 Å². The molecule has 1 aliphatic rings. The van der Waals surface area contributed by atoms with Crippen LogP contribution in [0.15, 0.2) is 54.6 Å². The third-order valence-electron chi connectivity index (χ3n) is 4.88. The summed E-state index contributed by atoms with van der Waals surface area (Å²) in [4.78, 5) is 4.34. The standard InChI is InChI=1S/C21H20F2N4O/c1-28-20-14-17(23)6-8-19(20)26-10-12-27(13-11-26)21-9-7-18(24-25-21)15-2-4-16(22)5-3-15/h2-9,14H,10-13H2,1H3. The number of hydrogen-bond donors (Lipinski definition) is 0. The van der Waals surface area contributed by atoms with Gasteiger partial charge in [0.1, 0.15) is 17.4 Å². The normalized spacial score (nSPS) is 14.2. The van der Waals surface area contributed by atoms with Crippen molar-refractivity contribution in [2.24, 2.45) is 0 Å². The van der Waals surface area contributed by atoms with Crippen LogP contribution < -0.4 is 14.5 Å². The highest BCUT2D eigenvalue weighted by Crippen LogP contribution is 2.30. The van der Waals surface area contributed by atoms with Crippen molar-refractivity contribution >= 4 is 11.5 Å². The van der Waals surface area contributed by atoms with Gasteiger partial charge in [0, 0.05) is 37.8 Å². The maximum Gasteiger partial charge on any atom is 0.151 e. The molecule has 28 heavy (non-hydrogen) atoms. The fourth-order valence-corrected chi connectivity index (χ4v) is 3.36. The zero-order chi connectivity index (χ0) is 19.5. The van der Waals surface area contributed by atoms with E-state index in [4.69, 9.17) is 4.74 Å². The van der Waals surface area contributed by atoms with E-state index in [9.17, 15) is 8.78 Å². The van der Waals surface area contributed by atoms with E-state index in [0.29, 0.717) is 11.4 Å². The van der Waals surface area contributed by atoms with Crippen molar-refractivity contribution in [3.63, 3.8) is 0 Å². The number of anilines is 2. The summed E-state index contributed by atoms with van der Waals surface area (Å²) in [5.41, 5.74) is 2.42. The predicted octanol–water partition coefficient (Wildman–Crippen LogP) is 3.76. The Labute approximate surface area is 162 Å². The summed E-state index contributed by atoms with van der Waals surface area (Å²) in [7, 11) is 1.55. The maximum atomic E-state index is 13.4. The van der Waals surface area contributed by atoms with Crippen LogP contribution in [-0.2, 0) is 0 Å². The highest BCUT2D eigenvalue weighted by molar-refractivity contribution is 5.61. The number of halogens is 2. The first kappa shape index (κ1) is 18.2. The molecule has 2 aromatic carbocycles. The van der Waals surface area contributed by atoms with Gasteiger partial charge in [-0.2, -0.15) is 0 Å². The second-order valence-corrected chi connectivity index (χ2v) is 6.57. The summed E-state index contributed by atoms with van der Waals surface area (Å²) < 4.78 is 31.8. The molecule has 0 aliphatic carbocycles. The van der Waals surface area contributed by atoms with Crippen molar-refractivity contribution in [2.45, 2.75) is 0 Å². The summed E-state index contributed by atoms with van der Waals surface area (Å²) >= 11 is 0. The van der Waals surface area contributed by atoms with Crippen molar-refractivity contribution in [1.29, 1.82) is 0 Å². The Morgan fingerprint density at radius 3 is 2.11 bits per heavy atom. The molecule has 1 aromatic heterocycles. The number of rotatable bonds is 4. The van der Waals surface area contributed by atoms with Crippen molar-refractivity contribution in [2.75, 3.05) is 43.1 Å². The predicted molar refractivity (Wildman–Crippen MR) is 105 cm³/mol. The molecule has 0 bridgehead atoms. The van der Waals surface area contributed by atoms with Gasteiger partial charge in [0.25, 0.3) is 0 Å². The summed E-state index contributed by atoms with van der Waals surface area (Å²) in [5.74, 6) is 0.758. The lowest BCUT2D eigenvalue weighted by Crippen LogP contribution is -2.47. The molecule has 0 saturated carbocycles. The van der Waals surface area contributed by atoms with Gasteiger partial charge in [-0.15, -0.1) is 10.2 Å². The Morgan fingerprint density at radius 1 is 0.786 bits per heavy atom. The zero-order valence-corrected chi connectivity index (χ0v) is 15.5. The van der Waals surface area contributed by atoms with Crippen LogP contribution in [0.4, 0.5) is 20.3 Å². The Hall–Kier alpha value is -3.22. The number of benzene rings is 2. The topological polar surface area (TPSA) is 41.5 Å². The minimum atomic E-state index is -0.309. The minimum absolute atomic E-state index is 0.274. The Morgan fingerprint density at radius 2 is 1.46 bits per heavy atom. The van der Waals surface area contributed by atoms with E-state index in [1.54, 1.807) is 25.3 Å². The molecule has 5 nitrogen and oxygen atoms in total. The highest BCUT2D eigenvalue weighted by Gasteiger charge is 2.21. The van der Waals surface area contributed by atoms with Crippen molar-refractivity contribution < 1.29 is 13.5 Å². The van der Waals surface area contributed by atoms with Crippen molar-refractivity contribution in [1.82, 2.24) is 10.2 Å². The molecule has 1 aliphatic heterocycles. The fraction of sp³-hybridized carbons (Fsp3) is 0.238. The molecule has 1 fully saturated rings. The van der Waals surface area contributed by atoms with E-state index in [2.05, 4.69) is 20.0 Å². The number of ether oxygens (including phenoxy) is 1. The highest BCUT2D eigenvalue weighted by atomic mass is 19.1. The summed E-state index contributed by atoms with van der Waals surface area (Å²) in [6.07, 6.45) is 0. The smallest absolute Gasteiger partial charge is 0.151 e.